The van der Waals surface area contributed by atoms with E-state index in [1.165, 1.54) is 11.1 Å². The second kappa shape index (κ2) is 9.51. The highest BCUT2D eigenvalue weighted by Gasteiger charge is 2.27. The fourth-order valence-corrected chi connectivity index (χ4v) is 4.92. The molecule has 0 radical (unpaired) electrons. The second-order valence-corrected chi connectivity index (χ2v) is 8.97. The molecular formula is C32H27N4+. The number of benzene rings is 4. The maximum Gasteiger partial charge on any atom is 0.232 e. The lowest BCUT2D eigenvalue weighted by Crippen LogP contribution is -2.38. The van der Waals surface area contributed by atoms with Gasteiger partial charge in [-0.15, -0.1) is 0 Å². The molecule has 0 atom stereocenters. The molecule has 4 nitrogen and oxygen atoms in total. The van der Waals surface area contributed by atoms with E-state index in [9.17, 15) is 0 Å². The van der Waals surface area contributed by atoms with Crippen molar-refractivity contribution in [2.75, 3.05) is 5.73 Å². The Balaban J connectivity index is 1.66. The lowest BCUT2D eigenvalue weighted by Gasteiger charge is -2.12. The zero-order valence-corrected chi connectivity index (χ0v) is 20.0. The molecule has 0 fully saturated rings. The highest BCUT2D eigenvalue weighted by molar-refractivity contribution is 6.07. The third-order valence-corrected chi connectivity index (χ3v) is 6.61. The average Bonchev–Trinajstić information content (AvgIpc) is 3.27. The van der Waals surface area contributed by atoms with Crippen LogP contribution in [0.5, 0.6) is 0 Å². The zero-order valence-electron chi connectivity index (χ0n) is 20.0. The van der Waals surface area contributed by atoms with Gasteiger partial charge < -0.3 is 10.3 Å². The molecule has 0 aliphatic heterocycles. The third-order valence-electron chi connectivity index (χ3n) is 6.61. The molecule has 0 saturated carbocycles. The van der Waals surface area contributed by atoms with Crippen molar-refractivity contribution < 1.29 is 4.57 Å². The van der Waals surface area contributed by atoms with Gasteiger partial charge in [0.15, 0.2) is 0 Å². The zero-order chi connectivity index (χ0) is 24.3. The van der Waals surface area contributed by atoms with E-state index < -0.39 is 0 Å². The Bertz CT molecular complexity index is 1610. The van der Waals surface area contributed by atoms with E-state index >= 15 is 0 Å². The SMILES string of the molecule is Nc1c2c(-c3ccccc3)c(-c3ccccc3)n(Cc3ccccc3)c2nc[n+]1Cc1ccccc1. The van der Waals surface area contributed by atoms with Gasteiger partial charge in [-0.25, -0.2) is 4.57 Å². The molecule has 6 aromatic rings. The van der Waals surface area contributed by atoms with Crippen LogP contribution >= 0.6 is 0 Å². The van der Waals surface area contributed by atoms with Gasteiger partial charge in [0.1, 0.15) is 5.39 Å². The highest BCUT2D eigenvalue weighted by atomic mass is 15.1. The van der Waals surface area contributed by atoms with E-state index in [0.29, 0.717) is 18.9 Å². The molecule has 36 heavy (non-hydrogen) atoms. The molecular weight excluding hydrogens is 440 g/mol. The molecule has 2 N–H and O–H groups in total. The Morgan fingerprint density at radius 3 is 1.78 bits per heavy atom. The normalized spacial score (nSPS) is 11.1. The van der Waals surface area contributed by atoms with Crippen LogP contribution in [0, 0.1) is 0 Å². The second-order valence-electron chi connectivity index (χ2n) is 8.97. The smallest absolute Gasteiger partial charge is 0.232 e. The Morgan fingerprint density at radius 1 is 0.639 bits per heavy atom. The number of nitrogens with two attached hydrogens (primary N) is 1. The molecule has 0 aliphatic rings. The number of hydrogen-bond acceptors (Lipinski definition) is 2. The Kier molecular flexibility index (Phi) is 5.76. The summed E-state index contributed by atoms with van der Waals surface area (Å²) < 4.78 is 4.36. The van der Waals surface area contributed by atoms with Gasteiger partial charge in [-0.2, -0.15) is 0 Å². The van der Waals surface area contributed by atoms with Gasteiger partial charge in [0.05, 0.1) is 18.8 Å². The van der Waals surface area contributed by atoms with Crippen molar-refractivity contribution in [1.82, 2.24) is 9.55 Å². The van der Waals surface area contributed by atoms with Crippen LogP contribution in [0.15, 0.2) is 128 Å². The summed E-state index contributed by atoms with van der Waals surface area (Å²) in [4.78, 5) is 5.01. The predicted molar refractivity (Wildman–Crippen MR) is 146 cm³/mol. The number of anilines is 1. The van der Waals surface area contributed by atoms with E-state index in [4.69, 9.17) is 10.7 Å². The van der Waals surface area contributed by atoms with Crippen molar-refractivity contribution >= 4 is 16.9 Å². The minimum atomic E-state index is 0.661. The minimum Gasteiger partial charge on any atom is -0.318 e. The van der Waals surface area contributed by atoms with Crippen LogP contribution in [0.2, 0.25) is 0 Å². The molecule has 0 amide bonds. The largest absolute Gasteiger partial charge is 0.318 e. The highest BCUT2D eigenvalue weighted by Crippen LogP contribution is 2.42. The lowest BCUT2D eigenvalue weighted by atomic mass is 9.99. The summed E-state index contributed by atoms with van der Waals surface area (Å²) in [7, 11) is 0. The van der Waals surface area contributed by atoms with E-state index in [1.54, 1.807) is 0 Å². The third kappa shape index (κ3) is 4.03. The molecule has 0 saturated heterocycles. The number of nitrogens with zero attached hydrogens (tertiary/aromatic N) is 3. The van der Waals surface area contributed by atoms with Crippen molar-refractivity contribution in [3.8, 4) is 22.4 Å². The Morgan fingerprint density at radius 2 is 1.17 bits per heavy atom. The number of rotatable bonds is 6. The van der Waals surface area contributed by atoms with Crippen molar-refractivity contribution in [1.29, 1.82) is 0 Å². The van der Waals surface area contributed by atoms with Crippen LogP contribution in [0.25, 0.3) is 33.4 Å². The first-order valence-electron chi connectivity index (χ1n) is 12.2. The maximum atomic E-state index is 6.97. The average molecular weight is 468 g/mol. The molecule has 2 aromatic heterocycles. The van der Waals surface area contributed by atoms with Gasteiger partial charge in [0.25, 0.3) is 0 Å². The lowest BCUT2D eigenvalue weighted by molar-refractivity contribution is -0.675. The molecule has 0 aliphatic carbocycles. The first kappa shape index (κ1) is 21.8. The first-order valence-corrected chi connectivity index (χ1v) is 12.2. The number of fused-ring (bicyclic) bond motifs is 1. The Hall–Kier alpha value is -4.70. The van der Waals surface area contributed by atoms with Crippen LogP contribution in [-0.4, -0.2) is 9.55 Å². The van der Waals surface area contributed by atoms with Crippen molar-refractivity contribution in [3.05, 3.63) is 139 Å². The van der Waals surface area contributed by atoms with Crippen LogP contribution < -0.4 is 10.3 Å². The summed E-state index contributed by atoms with van der Waals surface area (Å²) in [6.45, 7) is 1.36. The summed E-state index contributed by atoms with van der Waals surface area (Å²) in [6.07, 6.45) is 1.87. The topological polar surface area (TPSA) is 47.7 Å². The van der Waals surface area contributed by atoms with Gasteiger partial charge in [0.2, 0.25) is 17.8 Å². The summed E-state index contributed by atoms with van der Waals surface area (Å²) >= 11 is 0. The predicted octanol–water partition coefficient (Wildman–Crippen LogP) is 6.34. The summed E-state index contributed by atoms with van der Waals surface area (Å²) in [5.74, 6) is 0.715. The van der Waals surface area contributed by atoms with Crippen molar-refractivity contribution in [2.24, 2.45) is 0 Å². The Labute approximate surface area is 210 Å². The van der Waals surface area contributed by atoms with Gasteiger partial charge in [-0.05, 0) is 22.3 Å². The molecule has 4 heteroatoms. The standard InChI is InChI=1S/C32H26N4/c33-31-29-28(26-17-9-3-10-18-26)30(27-19-11-4-12-20-27)36(22-25-15-7-2-8-16-25)32(29)34-23-35(31)21-24-13-5-1-6-14-24/h1-20,23,33H,21-22H2/p+1. The maximum absolute atomic E-state index is 6.97. The van der Waals surface area contributed by atoms with E-state index in [1.807, 2.05) is 29.1 Å². The molecule has 0 bridgehead atoms. The number of hydrogen-bond donors (Lipinski definition) is 1. The van der Waals surface area contributed by atoms with E-state index in [0.717, 1.165) is 33.4 Å². The molecule has 174 valence electrons. The fourth-order valence-electron chi connectivity index (χ4n) is 4.92. The first-order chi connectivity index (χ1) is 17.8. The van der Waals surface area contributed by atoms with Crippen LogP contribution in [-0.2, 0) is 13.1 Å². The van der Waals surface area contributed by atoms with Gasteiger partial charge in [0, 0.05) is 5.56 Å². The van der Waals surface area contributed by atoms with Gasteiger partial charge in [-0.1, -0.05) is 126 Å². The molecule has 6 rings (SSSR count). The van der Waals surface area contributed by atoms with Crippen molar-refractivity contribution in [2.45, 2.75) is 13.1 Å². The van der Waals surface area contributed by atoms with Crippen LogP contribution in [0.3, 0.4) is 0 Å². The number of aromatic nitrogens is 3. The summed E-state index contributed by atoms with van der Waals surface area (Å²) in [5.41, 5.74) is 14.8. The van der Waals surface area contributed by atoms with E-state index in [-0.39, 0.29) is 0 Å². The van der Waals surface area contributed by atoms with Crippen molar-refractivity contribution in [3.63, 3.8) is 0 Å². The fraction of sp³-hybridized carbons (Fsp3) is 0.0625. The van der Waals surface area contributed by atoms with Crippen LogP contribution in [0.4, 0.5) is 5.82 Å². The summed E-state index contributed by atoms with van der Waals surface area (Å²) in [6, 6.07) is 42.0. The van der Waals surface area contributed by atoms with E-state index in [2.05, 4.69) is 108 Å². The minimum absolute atomic E-state index is 0.661. The molecule has 0 spiro atoms. The quantitative estimate of drug-likeness (QED) is 0.291. The molecule has 0 unspecified atom stereocenters. The molecule has 4 aromatic carbocycles. The monoisotopic (exact) mass is 467 g/mol. The van der Waals surface area contributed by atoms with Gasteiger partial charge >= 0.3 is 0 Å². The van der Waals surface area contributed by atoms with Crippen LogP contribution in [0.1, 0.15) is 11.1 Å². The summed E-state index contributed by atoms with van der Waals surface area (Å²) in [5, 5.41) is 0.981. The number of nitrogen functional groups attached to an aromatic ring is 1. The molecule has 2 heterocycles. The van der Waals surface area contributed by atoms with Gasteiger partial charge in [-0.3, -0.25) is 0 Å².